The summed E-state index contributed by atoms with van der Waals surface area (Å²) in [6.45, 7) is 4.11. The number of thioether (sulfide) groups is 1. The molecule has 6 heteroatoms. The normalized spacial score (nSPS) is 22.4. The van der Waals surface area contributed by atoms with Gasteiger partial charge < -0.3 is 11.1 Å². The molecule has 0 bridgehead atoms. The highest BCUT2D eigenvalue weighted by Crippen LogP contribution is 2.30. The van der Waals surface area contributed by atoms with Crippen LogP contribution < -0.4 is 11.1 Å². The average molecular weight is 301 g/mol. The Hall–Kier alpha value is -0.490. The number of nitrogen functional groups attached to an aromatic ring is 1. The van der Waals surface area contributed by atoms with Gasteiger partial charge in [0, 0.05) is 35.9 Å². The fraction of sp³-hybridized carbons (Fsp3) is 0.615. The van der Waals surface area contributed by atoms with Crippen LogP contribution in [0.25, 0.3) is 0 Å². The molecule has 0 saturated carbocycles. The zero-order valence-electron chi connectivity index (χ0n) is 11.4. The van der Waals surface area contributed by atoms with Gasteiger partial charge in [-0.2, -0.15) is 11.8 Å². The van der Waals surface area contributed by atoms with E-state index < -0.39 is 0 Å². The Morgan fingerprint density at radius 1 is 1.68 bits per heavy atom. The van der Waals surface area contributed by atoms with Gasteiger partial charge in [-0.05, 0) is 19.7 Å². The van der Waals surface area contributed by atoms with Crippen LogP contribution in [0.1, 0.15) is 18.5 Å². The van der Waals surface area contributed by atoms with Crippen LogP contribution in [-0.2, 0) is 0 Å². The van der Waals surface area contributed by atoms with E-state index in [4.69, 9.17) is 17.3 Å². The lowest BCUT2D eigenvalue weighted by Crippen LogP contribution is -2.48. The van der Waals surface area contributed by atoms with Crippen molar-refractivity contribution in [1.82, 2.24) is 15.2 Å². The molecule has 1 aliphatic rings. The third kappa shape index (κ3) is 3.54. The highest BCUT2D eigenvalue weighted by Gasteiger charge is 2.30. The number of hydrogen-bond acceptors (Lipinski definition) is 5. The van der Waals surface area contributed by atoms with Gasteiger partial charge in [-0.25, -0.2) is 4.98 Å². The molecular formula is C13H21ClN4S. The first kappa shape index (κ1) is 14.9. The molecule has 0 amide bonds. The maximum atomic E-state index is 6.07. The lowest BCUT2D eigenvalue weighted by Gasteiger charge is -2.38. The van der Waals surface area contributed by atoms with Gasteiger partial charge in [0.1, 0.15) is 5.82 Å². The van der Waals surface area contributed by atoms with Crippen LogP contribution >= 0.6 is 23.4 Å². The van der Waals surface area contributed by atoms with Gasteiger partial charge in [-0.15, -0.1) is 0 Å². The van der Waals surface area contributed by atoms with Crippen LogP contribution in [0.3, 0.4) is 0 Å². The van der Waals surface area contributed by atoms with E-state index in [1.807, 2.05) is 17.8 Å². The van der Waals surface area contributed by atoms with Crippen molar-refractivity contribution in [2.75, 3.05) is 37.4 Å². The van der Waals surface area contributed by atoms with Crippen molar-refractivity contribution in [3.05, 3.63) is 22.8 Å². The summed E-state index contributed by atoms with van der Waals surface area (Å²) in [4.78, 5) is 6.58. The highest BCUT2D eigenvalue weighted by molar-refractivity contribution is 7.99. The van der Waals surface area contributed by atoms with E-state index in [9.17, 15) is 0 Å². The molecule has 0 spiro atoms. The Morgan fingerprint density at radius 3 is 3.16 bits per heavy atom. The molecular weight excluding hydrogens is 280 g/mol. The topological polar surface area (TPSA) is 54.2 Å². The molecule has 2 heterocycles. The molecule has 0 radical (unpaired) electrons. The Balaban J connectivity index is 2.30. The first-order valence-corrected chi connectivity index (χ1v) is 8.09. The monoisotopic (exact) mass is 300 g/mol. The molecule has 2 rings (SSSR count). The molecule has 0 aromatic carbocycles. The predicted octanol–water partition coefficient (Wildman–Crippen LogP) is 2.02. The standard InChI is InChI=1S/C13H21ClN4S/c1-3-16-12(11-8-19-5-4-18(11)2)10-6-9(14)7-17-13(10)15/h6-7,11-12,16H,3-5,8H2,1-2H3,(H2,15,17). The van der Waals surface area contributed by atoms with E-state index in [0.717, 1.165) is 24.4 Å². The summed E-state index contributed by atoms with van der Waals surface area (Å²) in [5, 5.41) is 4.17. The van der Waals surface area contributed by atoms with Gasteiger partial charge in [0.15, 0.2) is 0 Å². The third-order valence-corrected chi connectivity index (χ3v) is 4.76. The van der Waals surface area contributed by atoms with Crippen LogP contribution in [0.2, 0.25) is 5.02 Å². The summed E-state index contributed by atoms with van der Waals surface area (Å²) >= 11 is 8.06. The molecule has 1 aromatic rings. The largest absolute Gasteiger partial charge is 0.383 e. The first-order valence-electron chi connectivity index (χ1n) is 6.55. The molecule has 19 heavy (non-hydrogen) atoms. The number of nitrogens with one attached hydrogen (secondary N) is 1. The molecule has 2 atom stereocenters. The minimum atomic E-state index is 0.175. The highest BCUT2D eigenvalue weighted by atomic mass is 35.5. The molecule has 1 fully saturated rings. The van der Waals surface area contributed by atoms with Gasteiger partial charge in [0.05, 0.1) is 11.1 Å². The summed E-state index contributed by atoms with van der Waals surface area (Å²) in [5.74, 6) is 2.86. The molecule has 4 nitrogen and oxygen atoms in total. The van der Waals surface area contributed by atoms with Crippen molar-refractivity contribution in [1.29, 1.82) is 0 Å². The van der Waals surface area contributed by atoms with Crippen molar-refractivity contribution in [3.63, 3.8) is 0 Å². The Bertz CT molecular complexity index is 429. The van der Waals surface area contributed by atoms with Crippen LogP contribution in [-0.4, -0.2) is 47.6 Å². The van der Waals surface area contributed by atoms with Crippen molar-refractivity contribution < 1.29 is 0 Å². The van der Waals surface area contributed by atoms with Crippen LogP contribution in [0.15, 0.2) is 12.3 Å². The van der Waals surface area contributed by atoms with Crippen molar-refractivity contribution >= 4 is 29.2 Å². The average Bonchev–Trinajstić information content (AvgIpc) is 2.40. The number of pyridine rings is 1. The number of nitrogens with zero attached hydrogens (tertiary/aromatic N) is 2. The molecule has 1 aromatic heterocycles. The molecule has 1 aliphatic heterocycles. The third-order valence-electron chi connectivity index (χ3n) is 3.50. The van der Waals surface area contributed by atoms with E-state index in [0.29, 0.717) is 16.9 Å². The first-order chi connectivity index (χ1) is 9.13. The second-order valence-corrected chi connectivity index (χ2v) is 6.37. The van der Waals surface area contributed by atoms with Crippen molar-refractivity contribution in [3.8, 4) is 0 Å². The second kappa shape index (κ2) is 6.79. The Morgan fingerprint density at radius 2 is 2.47 bits per heavy atom. The molecule has 2 unspecified atom stereocenters. The van der Waals surface area contributed by atoms with E-state index in [2.05, 4.69) is 29.2 Å². The number of rotatable bonds is 4. The number of anilines is 1. The fourth-order valence-electron chi connectivity index (χ4n) is 2.44. The SMILES string of the molecule is CCNC(c1cc(Cl)cnc1N)C1CSCCN1C. The maximum absolute atomic E-state index is 6.07. The Labute approximate surface area is 124 Å². The summed E-state index contributed by atoms with van der Waals surface area (Å²) in [6.07, 6.45) is 1.60. The smallest absolute Gasteiger partial charge is 0.128 e. The molecule has 0 aliphatic carbocycles. The quantitative estimate of drug-likeness (QED) is 0.891. The summed E-state index contributed by atoms with van der Waals surface area (Å²) in [7, 11) is 2.17. The summed E-state index contributed by atoms with van der Waals surface area (Å²) in [5.41, 5.74) is 7.05. The van der Waals surface area contributed by atoms with Gasteiger partial charge >= 0.3 is 0 Å². The number of nitrogens with two attached hydrogens (primary N) is 1. The van der Waals surface area contributed by atoms with Gasteiger partial charge in [0.25, 0.3) is 0 Å². The van der Waals surface area contributed by atoms with E-state index in [-0.39, 0.29) is 6.04 Å². The predicted molar refractivity (Wildman–Crippen MR) is 83.8 cm³/mol. The molecule has 3 N–H and O–H groups in total. The fourth-order valence-corrected chi connectivity index (χ4v) is 3.88. The summed E-state index contributed by atoms with van der Waals surface area (Å²) < 4.78 is 0. The lowest BCUT2D eigenvalue weighted by molar-refractivity contribution is 0.217. The number of hydrogen-bond donors (Lipinski definition) is 2. The van der Waals surface area contributed by atoms with Crippen LogP contribution in [0.5, 0.6) is 0 Å². The maximum Gasteiger partial charge on any atom is 0.128 e. The zero-order valence-corrected chi connectivity index (χ0v) is 13.0. The van der Waals surface area contributed by atoms with Crippen molar-refractivity contribution in [2.24, 2.45) is 0 Å². The number of aromatic nitrogens is 1. The van der Waals surface area contributed by atoms with Gasteiger partial charge in [0.2, 0.25) is 0 Å². The second-order valence-electron chi connectivity index (χ2n) is 4.79. The molecule has 1 saturated heterocycles. The summed E-state index contributed by atoms with van der Waals surface area (Å²) in [6, 6.07) is 2.53. The van der Waals surface area contributed by atoms with Crippen LogP contribution in [0.4, 0.5) is 5.82 Å². The van der Waals surface area contributed by atoms with E-state index >= 15 is 0 Å². The van der Waals surface area contributed by atoms with Gasteiger partial charge in [-0.3, -0.25) is 4.90 Å². The van der Waals surface area contributed by atoms with Gasteiger partial charge in [-0.1, -0.05) is 18.5 Å². The molecule has 106 valence electrons. The Kier molecular flexibility index (Phi) is 5.33. The van der Waals surface area contributed by atoms with Crippen molar-refractivity contribution in [2.45, 2.75) is 19.0 Å². The van der Waals surface area contributed by atoms with E-state index in [1.165, 1.54) is 5.75 Å². The number of halogens is 1. The lowest BCUT2D eigenvalue weighted by atomic mass is 9.99. The van der Waals surface area contributed by atoms with Crippen LogP contribution in [0, 0.1) is 0 Å². The zero-order chi connectivity index (χ0) is 13.8. The number of likely N-dealkylation sites (N-methyl/N-ethyl adjacent to an activating group) is 2. The minimum Gasteiger partial charge on any atom is -0.383 e. The minimum absolute atomic E-state index is 0.175. The van der Waals surface area contributed by atoms with E-state index in [1.54, 1.807) is 6.20 Å².